The zero-order chi connectivity index (χ0) is 22.5. The van der Waals surface area contributed by atoms with Crippen LogP contribution in [-0.4, -0.2) is 61.1 Å². The molecule has 32 heavy (non-hydrogen) atoms. The lowest BCUT2D eigenvalue weighted by molar-refractivity contribution is -0.131. The van der Waals surface area contributed by atoms with Crippen LogP contribution in [0, 0.1) is 11.6 Å². The molecule has 4 rings (SSSR count). The number of hydrogen-bond acceptors (Lipinski definition) is 4. The quantitative estimate of drug-likeness (QED) is 0.675. The predicted molar refractivity (Wildman–Crippen MR) is 121 cm³/mol. The maximum Gasteiger partial charge on any atom is 0.222 e. The van der Waals surface area contributed by atoms with Gasteiger partial charge in [0.25, 0.3) is 0 Å². The molecule has 0 aliphatic carbocycles. The van der Waals surface area contributed by atoms with Crippen molar-refractivity contribution in [2.24, 2.45) is 0 Å². The Bertz CT molecular complexity index is 931. The van der Waals surface area contributed by atoms with Gasteiger partial charge < -0.3 is 14.5 Å². The van der Waals surface area contributed by atoms with Gasteiger partial charge in [0.2, 0.25) is 5.91 Å². The van der Waals surface area contributed by atoms with E-state index in [2.05, 4.69) is 15.9 Å². The summed E-state index contributed by atoms with van der Waals surface area (Å²) in [4.78, 5) is 19.3. The molecule has 0 unspecified atom stereocenters. The fourth-order valence-corrected chi connectivity index (χ4v) is 4.74. The van der Waals surface area contributed by atoms with Crippen LogP contribution in [0.25, 0.3) is 0 Å². The van der Waals surface area contributed by atoms with E-state index in [1.165, 1.54) is 6.07 Å². The van der Waals surface area contributed by atoms with Gasteiger partial charge >= 0.3 is 0 Å². The molecule has 0 N–H and O–H groups in total. The van der Waals surface area contributed by atoms with Crippen molar-refractivity contribution < 1.29 is 18.3 Å². The summed E-state index contributed by atoms with van der Waals surface area (Å²) in [5, 5.41) is 0. The molecule has 2 aliphatic rings. The number of para-hydroxylation sites is 2. The third-order valence-electron chi connectivity index (χ3n) is 6.47. The lowest BCUT2D eigenvalue weighted by Crippen LogP contribution is -2.50. The summed E-state index contributed by atoms with van der Waals surface area (Å²) >= 11 is 0. The number of benzene rings is 2. The van der Waals surface area contributed by atoms with Gasteiger partial charge in [-0.25, -0.2) is 8.78 Å². The van der Waals surface area contributed by atoms with Crippen molar-refractivity contribution >= 4 is 11.6 Å². The number of nitrogens with zero attached hydrogens (tertiary/aromatic N) is 3. The van der Waals surface area contributed by atoms with Gasteiger partial charge in [0, 0.05) is 51.7 Å². The van der Waals surface area contributed by atoms with Gasteiger partial charge in [-0.3, -0.25) is 9.69 Å². The molecule has 2 saturated heterocycles. The van der Waals surface area contributed by atoms with Crippen molar-refractivity contribution in [1.82, 2.24) is 9.80 Å². The van der Waals surface area contributed by atoms with Crippen molar-refractivity contribution in [3.63, 3.8) is 0 Å². The molecule has 2 aliphatic heterocycles. The highest BCUT2D eigenvalue weighted by molar-refractivity contribution is 5.76. The highest BCUT2D eigenvalue weighted by Gasteiger charge is 2.29. The predicted octanol–water partition coefficient (Wildman–Crippen LogP) is 4.07. The summed E-state index contributed by atoms with van der Waals surface area (Å²) < 4.78 is 32.5. The Hall–Kier alpha value is -2.67. The third kappa shape index (κ3) is 5.21. The van der Waals surface area contributed by atoms with E-state index in [1.54, 1.807) is 11.0 Å². The van der Waals surface area contributed by atoms with Gasteiger partial charge in [-0.05, 0) is 49.6 Å². The number of carbonyl (C=O) groups is 1. The first-order valence-corrected chi connectivity index (χ1v) is 11.5. The zero-order valence-electron chi connectivity index (χ0n) is 18.6. The van der Waals surface area contributed by atoms with Crippen LogP contribution < -0.4 is 9.64 Å². The standard InChI is InChI=1S/C25H31F2N3O2/c1-2-32-24-6-4-3-5-23(24)29-15-13-28(14-16-29)20-8-10-25(31)30(12-11-20)18-19-7-9-21(26)22(27)17-19/h3-7,9,17,20H,2,8,10-16,18H2,1H3/t20-/m0/s1. The number of amides is 1. The van der Waals surface area contributed by atoms with Crippen LogP contribution in [0.3, 0.4) is 0 Å². The Labute approximate surface area is 188 Å². The van der Waals surface area contributed by atoms with Crippen LogP contribution in [0.5, 0.6) is 5.75 Å². The van der Waals surface area contributed by atoms with Gasteiger partial charge in [-0.15, -0.1) is 0 Å². The summed E-state index contributed by atoms with van der Waals surface area (Å²) in [7, 11) is 0. The Morgan fingerprint density at radius 1 is 0.969 bits per heavy atom. The van der Waals surface area contributed by atoms with Gasteiger partial charge in [-0.1, -0.05) is 18.2 Å². The SMILES string of the molecule is CCOc1ccccc1N1CCN([C@H]2CCC(=O)N(Cc3ccc(F)c(F)c3)CC2)CC1. The van der Waals surface area contributed by atoms with Crippen molar-refractivity contribution in [1.29, 1.82) is 0 Å². The number of ether oxygens (including phenoxy) is 1. The molecular weight excluding hydrogens is 412 g/mol. The topological polar surface area (TPSA) is 36.0 Å². The largest absolute Gasteiger partial charge is 0.492 e. The minimum Gasteiger partial charge on any atom is -0.492 e. The normalized spacial score (nSPS) is 20.3. The Kier molecular flexibility index (Phi) is 7.25. The molecule has 0 saturated carbocycles. The zero-order valence-corrected chi connectivity index (χ0v) is 18.6. The molecule has 1 atom stereocenters. The fraction of sp³-hybridized carbons (Fsp3) is 0.480. The van der Waals surface area contributed by atoms with E-state index < -0.39 is 11.6 Å². The van der Waals surface area contributed by atoms with Crippen LogP contribution in [0.2, 0.25) is 0 Å². The number of rotatable bonds is 6. The molecule has 2 fully saturated rings. The first-order valence-electron chi connectivity index (χ1n) is 11.5. The number of hydrogen-bond donors (Lipinski definition) is 0. The summed E-state index contributed by atoms with van der Waals surface area (Å²) in [6.45, 7) is 7.35. The molecule has 0 spiro atoms. The minimum absolute atomic E-state index is 0.0847. The lowest BCUT2D eigenvalue weighted by atomic mass is 10.1. The molecule has 2 heterocycles. The smallest absolute Gasteiger partial charge is 0.222 e. The maximum absolute atomic E-state index is 13.5. The van der Waals surface area contributed by atoms with E-state index in [4.69, 9.17) is 4.74 Å². The summed E-state index contributed by atoms with van der Waals surface area (Å²) in [6.07, 6.45) is 2.22. The molecule has 2 aromatic carbocycles. The van der Waals surface area contributed by atoms with Crippen LogP contribution in [0.15, 0.2) is 42.5 Å². The number of anilines is 1. The van der Waals surface area contributed by atoms with E-state index in [9.17, 15) is 13.6 Å². The molecule has 1 amide bonds. The van der Waals surface area contributed by atoms with Crippen LogP contribution in [-0.2, 0) is 11.3 Å². The molecular formula is C25H31F2N3O2. The second-order valence-corrected chi connectivity index (χ2v) is 8.47. The Balaban J connectivity index is 1.33. The minimum atomic E-state index is -0.869. The van der Waals surface area contributed by atoms with Gasteiger partial charge in [-0.2, -0.15) is 0 Å². The summed E-state index contributed by atoms with van der Waals surface area (Å²) in [6, 6.07) is 12.4. The second kappa shape index (κ2) is 10.3. The number of carbonyl (C=O) groups excluding carboxylic acids is 1. The fourth-order valence-electron chi connectivity index (χ4n) is 4.74. The molecule has 7 heteroatoms. The number of piperazine rings is 1. The highest BCUT2D eigenvalue weighted by atomic mass is 19.2. The van der Waals surface area contributed by atoms with Crippen molar-refractivity contribution in [3.05, 3.63) is 59.7 Å². The summed E-state index contributed by atoms with van der Waals surface area (Å²) in [5.41, 5.74) is 1.76. The monoisotopic (exact) mass is 443 g/mol. The maximum atomic E-state index is 13.5. The van der Waals surface area contributed by atoms with Gasteiger partial charge in [0.1, 0.15) is 5.75 Å². The third-order valence-corrected chi connectivity index (χ3v) is 6.47. The average Bonchev–Trinajstić information content (AvgIpc) is 2.99. The molecule has 172 valence electrons. The van der Waals surface area contributed by atoms with E-state index in [-0.39, 0.29) is 5.91 Å². The molecule has 0 aromatic heterocycles. The Morgan fingerprint density at radius 2 is 1.75 bits per heavy atom. The van der Waals surface area contributed by atoms with Crippen LogP contribution >= 0.6 is 0 Å². The van der Waals surface area contributed by atoms with E-state index in [0.29, 0.717) is 37.7 Å². The van der Waals surface area contributed by atoms with E-state index in [1.807, 2.05) is 25.1 Å². The first kappa shape index (κ1) is 22.5. The van der Waals surface area contributed by atoms with Gasteiger partial charge in [0.05, 0.1) is 12.3 Å². The van der Waals surface area contributed by atoms with Crippen LogP contribution in [0.1, 0.15) is 31.7 Å². The molecule has 2 aromatic rings. The first-order chi connectivity index (χ1) is 15.5. The molecule has 0 bridgehead atoms. The van der Waals surface area contributed by atoms with Crippen molar-refractivity contribution in [2.45, 2.75) is 38.8 Å². The average molecular weight is 444 g/mol. The van der Waals surface area contributed by atoms with Crippen molar-refractivity contribution in [2.75, 3.05) is 44.2 Å². The lowest BCUT2D eigenvalue weighted by Gasteiger charge is -2.40. The number of likely N-dealkylation sites (tertiary alicyclic amines) is 1. The Morgan fingerprint density at radius 3 is 2.50 bits per heavy atom. The van der Waals surface area contributed by atoms with E-state index >= 15 is 0 Å². The highest BCUT2D eigenvalue weighted by Crippen LogP contribution is 2.30. The molecule has 5 nitrogen and oxygen atoms in total. The summed E-state index contributed by atoms with van der Waals surface area (Å²) in [5.74, 6) is -0.719. The number of halogens is 2. The van der Waals surface area contributed by atoms with Crippen molar-refractivity contribution in [3.8, 4) is 5.75 Å². The molecule has 0 radical (unpaired) electrons. The second-order valence-electron chi connectivity index (χ2n) is 8.47. The van der Waals surface area contributed by atoms with E-state index in [0.717, 1.165) is 56.5 Å². The van der Waals surface area contributed by atoms with Crippen LogP contribution in [0.4, 0.5) is 14.5 Å². The van der Waals surface area contributed by atoms with Gasteiger partial charge in [0.15, 0.2) is 11.6 Å².